The van der Waals surface area contributed by atoms with Crippen molar-refractivity contribution >= 4 is 11.0 Å². The number of aromatic nitrogens is 3. The number of nitrogens with zero attached hydrogens (tertiary/aromatic N) is 4. The van der Waals surface area contributed by atoms with Crippen LogP contribution >= 0.6 is 0 Å². The number of rotatable bonds is 1. The fourth-order valence-corrected chi connectivity index (χ4v) is 1.31. The molecular weight excluding hydrogens is 164 g/mol. The molecule has 0 radical (unpaired) electrons. The number of hydrogen-bond donors (Lipinski definition) is 0. The predicted octanol–water partition coefficient (Wildman–Crippen LogP) is 1.26. The second-order valence-electron chi connectivity index (χ2n) is 2.85. The highest BCUT2D eigenvalue weighted by Gasteiger charge is 2.04. The van der Waals surface area contributed by atoms with E-state index in [2.05, 4.69) is 10.3 Å². The molecule has 0 bridgehead atoms. The van der Waals surface area contributed by atoms with Crippen LogP contribution in [0.1, 0.15) is 5.56 Å². The molecule has 0 N–H and O–H groups in total. The van der Waals surface area contributed by atoms with Gasteiger partial charge in [-0.1, -0.05) is 17.3 Å². The number of benzene rings is 1. The third-order valence-electron chi connectivity index (χ3n) is 1.97. The highest BCUT2D eigenvalue weighted by molar-refractivity contribution is 5.77. The number of nitriles is 1. The lowest BCUT2D eigenvalue weighted by Gasteiger charge is -1.94. The Hall–Kier alpha value is -1.89. The molecule has 0 fully saturated rings. The Bertz CT molecular complexity index is 478. The molecule has 0 aliphatic heterocycles. The molecule has 2 aromatic rings. The van der Waals surface area contributed by atoms with Crippen molar-refractivity contribution in [2.75, 3.05) is 0 Å². The molecule has 0 unspecified atom stereocenters. The normalized spacial score (nSPS) is 10.2. The Balaban J connectivity index is 2.70. The second kappa shape index (κ2) is 2.87. The van der Waals surface area contributed by atoms with Crippen LogP contribution in [0.4, 0.5) is 0 Å². The van der Waals surface area contributed by atoms with Gasteiger partial charge >= 0.3 is 0 Å². The van der Waals surface area contributed by atoms with Crippen LogP contribution in [0, 0.1) is 18.3 Å². The van der Waals surface area contributed by atoms with Gasteiger partial charge in [-0.15, -0.1) is 5.10 Å². The molecule has 13 heavy (non-hydrogen) atoms. The van der Waals surface area contributed by atoms with E-state index in [1.807, 2.05) is 31.2 Å². The van der Waals surface area contributed by atoms with Crippen LogP contribution < -0.4 is 0 Å². The zero-order valence-electron chi connectivity index (χ0n) is 7.23. The molecule has 0 spiro atoms. The van der Waals surface area contributed by atoms with E-state index < -0.39 is 0 Å². The summed E-state index contributed by atoms with van der Waals surface area (Å²) in [5, 5.41) is 16.4. The van der Waals surface area contributed by atoms with Gasteiger partial charge in [0.25, 0.3) is 0 Å². The molecule has 0 amide bonds. The van der Waals surface area contributed by atoms with Gasteiger partial charge in [0.15, 0.2) is 0 Å². The minimum atomic E-state index is 0.250. The molecule has 1 heterocycles. The van der Waals surface area contributed by atoms with Gasteiger partial charge in [0.05, 0.1) is 11.6 Å². The summed E-state index contributed by atoms with van der Waals surface area (Å²) in [6.45, 7) is 2.23. The topological polar surface area (TPSA) is 54.5 Å². The zero-order chi connectivity index (χ0) is 9.26. The molecule has 4 heteroatoms. The monoisotopic (exact) mass is 172 g/mol. The van der Waals surface area contributed by atoms with Crippen molar-refractivity contribution in [3.8, 4) is 6.07 Å². The Morgan fingerprint density at radius 3 is 3.15 bits per heavy atom. The fraction of sp³-hybridized carbons (Fsp3) is 0.222. The van der Waals surface area contributed by atoms with E-state index >= 15 is 0 Å². The Morgan fingerprint density at radius 1 is 1.54 bits per heavy atom. The van der Waals surface area contributed by atoms with Crippen molar-refractivity contribution in [2.24, 2.45) is 0 Å². The maximum Gasteiger partial charge on any atom is 0.130 e. The molecule has 2 rings (SSSR count). The molecule has 0 atom stereocenters. The van der Waals surface area contributed by atoms with Crippen LogP contribution in [0.5, 0.6) is 0 Å². The largest absolute Gasteiger partial charge is 0.230 e. The SMILES string of the molecule is Cc1cccc2c1nnn2CC#N. The van der Waals surface area contributed by atoms with Gasteiger partial charge in [-0.05, 0) is 18.6 Å². The molecule has 0 aliphatic rings. The van der Waals surface area contributed by atoms with E-state index in [9.17, 15) is 0 Å². The van der Waals surface area contributed by atoms with Gasteiger partial charge in [-0.25, -0.2) is 4.68 Å². The Labute approximate surface area is 75.4 Å². The van der Waals surface area contributed by atoms with Gasteiger partial charge < -0.3 is 0 Å². The third kappa shape index (κ3) is 1.14. The van der Waals surface area contributed by atoms with Crippen LogP contribution in [-0.4, -0.2) is 15.0 Å². The van der Waals surface area contributed by atoms with Crippen LogP contribution in [0.3, 0.4) is 0 Å². The quantitative estimate of drug-likeness (QED) is 0.650. The van der Waals surface area contributed by atoms with Crippen LogP contribution in [-0.2, 0) is 6.54 Å². The molecule has 0 aliphatic carbocycles. The highest BCUT2D eigenvalue weighted by atomic mass is 15.4. The van der Waals surface area contributed by atoms with Crippen molar-refractivity contribution < 1.29 is 0 Å². The average molecular weight is 172 g/mol. The molecule has 4 nitrogen and oxygen atoms in total. The molecule has 1 aromatic carbocycles. The second-order valence-corrected chi connectivity index (χ2v) is 2.85. The Kier molecular flexibility index (Phi) is 1.71. The van der Waals surface area contributed by atoms with E-state index in [-0.39, 0.29) is 6.54 Å². The molecular formula is C9H8N4. The van der Waals surface area contributed by atoms with Gasteiger partial charge in [-0.3, -0.25) is 0 Å². The number of hydrogen-bond acceptors (Lipinski definition) is 3. The minimum Gasteiger partial charge on any atom is -0.230 e. The maximum atomic E-state index is 8.53. The molecule has 64 valence electrons. The summed E-state index contributed by atoms with van der Waals surface area (Å²) in [5.41, 5.74) is 2.88. The lowest BCUT2D eigenvalue weighted by atomic mass is 10.2. The van der Waals surface area contributed by atoms with E-state index in [1.165, 1.54) is 0 Å². The fourth-order valence-electron chi connectivity index (χ4n) is 1.31. The third-order valence-corrected chi connectivity index (χ3v) is 1.97. The first-order valence-electron chi connectivity index (χ1n) is 3.98. The first-order valence-corrected chi connectivity index (χ1v) is 3.98. The summed E-state index contributed by atoms with van der Waals surface area (Å²) in [5.74, 6) is 0. The lowest BCUT2D eigenvalue weighted by molar-refractivity contribution is 0.689. The van der Waals surface area contributed by atoms with E-state index in [4.69, 9.17) is 5.26 Å². The lowest BCUT2D eigenvalue weighted by Crippen LogP contribution is -1.97. The van der Waals surface area contributed by atoms with E-state index in [0.717, 1.165) is 16.6 Å². The van der Waals surface area contributed by atoms with Crippen molar-refractivity contribution in [1.29, 1.82) is 5.26 Å². The standard InChI is InChI=1S/C9H8N4/c1-7-3-2-4-8-9(7)11-12-13(8)6-5-10/h2-4H,6H2,1H3. The number of aryl methyl sites for hydroxylation is 1. The minimum absolute atomic E-state index is 0.250. The highest BCUT2D eigenvalue weighted by Crippen LogP contribution is 2.14. The Morgan fingerprint density at radius 2 is 2.38 bits per heavy atom. The predicted molar refractivity (Wildman–Crippen MR) is 47.9 cm³/mol. The van der Waals surface area contributed by atoms with E-state index in [0.29, 0.717) is 0 Å². The van der Waals surface area contributed by atoms with Gasteiger partial charge in [0.2, 0.25) is 0 Å². The van der Waals surface area contributed by atoms with Crippen LogP contribution in [0.2, 0.25) is 0 Å². The van der Waals surface area contributed by atoms with Gasteiger partial charge in [-0.2, -0.15) is 5.26 Å². The zero-order valence-corrected chi connectivity index (χ0v) is 7.23. The number of fused-ring (bicyclic) bond motifs is 1. The van der Waals surface area contributed by atoms with Crippen molar-refractivity contribution in [2.45, 2.75) is 13.5 Å². The molecule has 0 saturated heterocycles. The molecule has 1 aromatic heterocycles. The van der Waals surface area contributed by atoms with Crippen molar-refractivity contribution in [3.63, 3.8) is 0 Å². The van der Waals surface area contributed by atoms with Gasteiger partial charge in [0.1, 0.15) is 12.1 Å². The summed E-state index contributed by atoms with van der Waals surface area (Å²) >= 11 is 0. The molecule has 0 saturated carbocycles. The summed E-state index contributed by atoms with van der Waals surface area (Å²) in [6, 6.07) is 7.88. The summed E-state index contributed by atoms with van der Waals surface area (Å²) < 4.78 is 1.60. The summed E-state index contributed by atoms with van der Waals surface area (Å²) in [6.07, 6.45) is 0. The maximum absolute atomic E-state index is 8.53. The smallest absolute Gasteiger partial charge is 0.130 e. The summed E-state index contributed by atoms with van der Waals surface area (Å²) in [4.78, 5) is 0. The first kappa shape index (κ1) is 7.74. The van der Waals surface area contributed by atoms with Crippen LogP contribution in [0.25, 0.3) is 11.0 Å². The van der Waals surface area contributed by atoms with Gasteiger partial charge in [0, 0.05) is 0 Å². The van der Waals surface area contributed by atoms with Crippen molar-refractivity contribution in [3.05, 3.63) is 23.8 Å². The first-order chi connectivity index (χ1) is 6.33. The van der Waals surface area contributed by atoms with Crippen LogP contribution in [0.15, 0.2) is 18.2 Å². The average Bonchev–Trinajstić information content (AvgIpc) is 2.51. The van der Waals surface area contributed by atoms with Crippen molar-refractivity contribution in [1.82, 2.24) is 15.0 Å². The van der Waals surface area contributed by atoms with E-state index in [1.54, 1.807) is 4.68 Å². The summed E-state index contributed by atoms with van der Waals surface area (Å²) in [7, 11) is 0.